The molecule has 0 radical (unpaired) electrons. The first-order chi connectivity index (χ1) is 19.0. The lowest BCUT2D eigenvalue weighted by molar-refractivity contribution is 0.0859. The Labute approximate surface area is 231 Å². The standard InChI is InChI=1S/C30H29ClN4O4/c31-23-11-12-26-27(17-23)35(25-9-5-2-6-10-25)19-22(28(26)36)18-32-29(37)33-24-13-15-34(16-14-24)30(38)39-20-21-7-3-1-4-8-21/h1-12,17,19,24H,13-16,18,20H2,(H2,32,33,37). The van der Waals surface area contributed by atoms with E-state index in [1.165, 1.54) is 0 Å². The first-order valence-corrected chi connectivity index (χ1v) is 13.2. The number of hydrogen-bond donors (Lipinski definition) is 2. The largest absolute Gasteiger partial charge is 0.445 e. The zero-order valence-electron chi connectivity index (χ0n) is 21.3. The van der Waals surface area contributed by atoms with Crippen molar-refractivity contribution in [1.82, 2.24) is 20.1 Å². The number of para-hydroxylation sites is 1. The van der Waals surface area contributed by atoms with E-state index >= 15 is 0 Å². The van der Waals surface area contributed by atoms with Crippen molar-refractivity contribution in [3.63, 3.8) is 0 Å². The van der Waals surface area contributed by atoms with Crippen molar-refractivity contribution >= 4 is 34.6 Å². The van der Waals surface area contributed by atoms with Gasteiger partial charge in [0, 0.05) is 53.5 Å². The molecule has 0 unspecified atom stereocenters. The predicted molar refractivity (Wildman–Crippen MR) is 151 cm³/mol. The zero-order valence-corrected chi connectivity index (χ0v) is 22.1. The topological polar surface area (TPSA) is 92.7 Å². The third-order valence-electron chi connectivity index (χ3n) is 6.81. The molecular formula is C30H29ClN4O4. The number of amides is 3. The molecule has 3 aromatic carbocycles. The fourth-order valence-corrected chi connectivity index (χ4v) is 4.88. The summed E-state index contributed by atoms with van der Waals surface area (Å²) < 4.78 is 7.32. The molecule has 4 aromatic rings. The Kier molecular flexibility index (Phi) is 8.13. The second-order valence-corrected chi connectivity index (χ2v) is 9.92. The molecular weight excluding hydrogens is 516 g/mol. The smallest absolute Gasteiger partial charge is 0.410 e. The van der Waals surface area contributed by atoms with Crippen molar-refractivity contribution in [3.8, 4) is 5.69 Å². The van der Waals surface area contributed by atoms with Crippen molar-refractivity contribution in [1.29, 1.82) is 0 Å². The third kappa shape index (κ3) is 6.41. The second-order valence-electron chi connectivity index (χ2n) is 9.48. The van der Waals surface area contributed by atoms with Crippen LogP contribution in [0.5, 0.6) is 0 Å². The van der Waals surface area contributed by atoms with Crippen LogP contribution in [0.1, 0.15) is 24.0 Å². The van der Waals surface area contributed by atoms with Gasteiger partial charge in [0.05, 0.1) is 5.52 Å². The number of benzene rings is 3. The van der Waals surface area contributed by atoms with Gasteiger partial charge in [0.25, 0.3) is 0 Å². The lowest BCUT2D eigenvalue weighted by atomic mass is 10.1. The number of nitrogens with zero attached hydrogens (tertiary/aromatic N) is 2. The van der Waals surface area contributed by atoms with E-state index in [4.69, 9.17) is 16.3 Å². The van der Waals surface area contributed by atoms with Crippen LogP contribution in [0.4, 0.5) is 9.59 Å². The van der Waals surface area contributed by atoms with E-state index in [2.05, 4.69) is 10.6 Å². The van der Waals surface area contributed by atoms with Crippen molar-refractivity contribution in [2.24, 2.45) is 0 Å². The van der Waals surface area contributed by atoms with Crippen LogP contribution >= 0.6 is 11.6 Å². The van der Waals surface area contributed by atoms with Crippen molar-refractivity contribution < 1.29 is 14.3 Å². The van der Waals surface area contributed by atoms with Crippen LogP contribution in [-0.4, -0.2) is 40.7 Å². The molecule has 0 spiro atoms. The molecule has 3 amide bonds. The average molecular weight is 545 g/mol. The number of carbonyl (C=O) groups excluding carboxylic acids is 2. The van der Waals surface area contributed by atoms with Gasteiger partial charge < -0.3 is 24.8 Å². The molecule has 200 valence electrons. The number of likely N-dealkylation sites (tertiary alicyclic amines) is 1. The molecule has 2 N–H and O–H groups in total. The molecule has 1 aliphatic rings. The monoisotopic (exact) mass is 544 g/mol. The maximum absolute atomic E-state index is 13.2. The summed E-state index contributed by atoms with van der Waals surface area (Å²) >= 11 is 6.22. The SMILES string of the molecule is O=C(NCc1cn(-c2ccccc2)c2cc(Cl)ccc2c1=O)NC1CCN(C(=O)OCc2ccccc2)CC1. The van der Waals surface area contributed by atoms with Gasteiger partial charge in [-0.05, 0) is 48.7 Å². The van der Waals surface area contributed by atoms with Crippen LogP contribution in [0.3, 0.4) is 0 Å². The van der Waals surface area contributed by atoms with Crippen LogP contribution in [0.15, 0.2) is 89.9 Å². The van der Waals surface area contributed by atoms with Crippen molar-refractivity contribution in [2.75, 3.05) is 13.1 Å². The molecule has 1 saturated heterocycles. The summed E-state index contributed by atoms with van der Waals surface area (Å²) in [5.74, 6) is 0. The summed E-state index contributed by atoms with van der Waals surface area (Å²) in [6.07, 6.45) is 2.63. The Balaban J connectivity index is 1.17. The Hall–Kier alpha value is -4.30. The van der Waals surface area contributed by atoms with Gasteiger partial charge in [-0.2, -0.15) is 0 Å². The van der Waals surface area contributed by atoms with Crippen molar-refractivity contribution in [3.05, 3.63) is 111 Å². The maximum Gasteiger partial charge on any atom is 0.410 e. The van der Waals surface area contributed by atoms with Gasteiger partial charge in [0.1, 0.15) is 6.61 Å². The number of pyridine rings is 1. The first-order valence-electron chi connectivity index (χ1n) is 12.9. The van der Waals surface area contributed by atoms with Gasteiger partial charge in [-0.15, -0.1) is 0 Å². The Bertz CT molecular complexity index is 1520. The van der Waals surface area contributed by atoms with Gasteiger partial charge in [0.2, 0.25) is 0 Å². The Morgan fingerprint density at radius 3 is 2.36 bits per heavy atom. The van der Waals surface area contributed by atoms with E-state index in [0.29, 0.717) is 47.4 Å². The van der Waals surface area contributed by atoms with E-state index < -0.39 is 0 Å². The average Bonchev–Trinajstić information content (AvgIpc) is 2.97. The highest BCUT2D eigenvalue weighted by molar-refractivity contribution is 6.31. The summed E-state index contributed by atoms with van der Waals surface area (Å²) in [6, 6.07) is 23.9. The second kappa shape index (κ2) is 12.0. The number of aromatic nitrogens is 1. The van der Waals surface area contributed by atoms with Crippen LogP contribution in [-0.2, 0) is 17.9 Å². The lowest BCUT2D eigenvalue weighted by Crippen LogP contribution is -2.49. The summed E-state index contributed by atoms with van der Waals surface area (Å²) in [6.45, 7) is 1.29. The predicted octanol–water partition coefficient (Wildman–Crippen LogP) is 5.24. The minimum atomic E-state index is -0.359. The third-order valence-corrected chi connectivity index (χ3v) is 7.04. The minimum absolute atomic E-state index is 0.0702. The number of urea groups is 1. The molecule has 1 fully saturated rings. The van der Waals surface area contributed by atoms with E-state index in [9.17, 15) is 14.4 Å². The van der Waals surface area contributed by atoms with Crippen LogP contribution in [0.25, 0.3) is 16.6 Å². The van der Waals surface area contributed by atoms with E-state index in [1.807, 2.05) is 65.2 Å². The number of ether oxygens (including phenoxy) is 1. The number of carbonyl (C=O) groups is 2. The molecule has 0 aliphatic carbocycles. The number of rotatable bonds is 6. The molecule has 5 rings (SSSR count). The highest BCUT2D eigenvalue weighted by Crippen LogP contribution is 2.21. The summed E-state index contributed by atoms with van der Waals surface area (Å²) in [4.78, 5) is 39.9. The van der Waals surface area contributed by atoms with E-state index in [1.54, 1.807) is 29.3 Å². The summed E-state index contributed by atoms with van der Waals surface area (Å²) in [5, 5.41) is 6.84. The lowest BCUT2D eigenvalue weighted by Gasteiger charge is -2.31. The fourth-order valence-electron chi connectivity index (χ4n) is 4.71. The van der Waals surface area contributed by atoms with Gasteiger partial charge in [0.15, 0.2) is 5.43 Å². The zero-order chi connectivity index (χ0) is 27.2. The van der Waals surface area contributed by atoms with Gasteiger partial charge in [-0.25, -0.2) is 9.59 Å². The number of fused-ring (bicyclic) bond motifs is 1. The van der Waals surface area contributed by atoms with E-state index in [-0.39, 0.29) is 36.7 Å². The van der Waals surface area contributed by atoms with Crippen LogP contribution in [0.2, 0.25) is 5.02 Å². The molecule has 39 heavy (non-hydrogen) atoms. The molecule has 8 nitrogen and oxygen atoms in total. The molecule has 1 aromatic heterocycles. The van der Waals surface area contributed by atoms with Crippen LogP contribution < -0.4 is 16.1 Å². The number of nitrogens with one attached hydrogen (secondary N) is 2. The normalized spacial score (nSPS) is 13.7. The minimum Gasteiger partial charge on any atom is -0.445 e. The highest BCUT2D eigenvalue weighted by Gasteiger charge is 2.25. The van der Waals surface area contributed by atoms with Gasteiger partial charge in [-0.3, -0.25) is 4.79 Å². The number of halogens is 1. The van der Waals surface area contributed by atoms with E-state index in [0.717, 1.165) is 11.3 Å². The Morgan fingerprint density at radius 2 is 1.64 bits per heavy atom. The Morgan fingerprint density at radius 1 is 0.949 bits per heavy atom. The van der Waals surface area contributed by atoms with Gasteiger partial charge >= 0.3 is 12.1 Å². The fraction of sp³-hybridized carbons (Fsp3) is 0.233. The number of hydrogen-bond acceptors (Lipinski definition) is 4. The number of piperidine rings is 1. The summed E-state index contributed by atoms with van der Waals surface area (Å²) in [7, 11) is 0. The molecule has 9 heteroatoms. The summed E-state index contributed by atoms with van der Waals surface area (Å²) in [5.41, 5.74) is 2.81. The first kappa shape index (κ1) is 26.3. The highest BCUT2D eigenvalue weighted by atomic mass is 35.5. The van der Waals surface area contributed by atoms with Crippen molar-refractivity contribution in [2.45, 2.75) is 32.0 Å². The molecule has 0 saturated carbocycles. The quantitative estimate of drug-likeness (QED) is 0.347. The molecule has 1 aliphatic heterocycles. The molecule has 0 atom stereocenters. The maximum atomic E-state index is 13.2. The van der Waals surface area contributed by atoms with Crippen LogP contribution in [0, 0.1) is 0 Å². The molecule has 0 bridgehead atoms. The van der Waals surface area contributed by atoms with Gasteiger partial charge in [-0.1, -0.05) is 60.1 Å². The molecule has 2 heterocycles.